The van der Waals surface area contributed by atoms with Gasteiger partial charge in [-0.3, -0.25) is 4.98 Å². The highest BCUT2D eigenvalue weighted by atomic mass is 79.9. The van der Waals surface area contributed by atoms with Crippen LogP contribution in [0.5, 0.6) is 5.75 Å². The Morgan fingerprint density at radius 2 is 2.24 bits per heavy atom. The number of ether oxygens (including phenoxy) is 1. The van der Waals surface area contributed by atoms with Crippen molar-refractivity contribution in [3.05, 3.63) is 22.9 Å². The second kappa shape index (κ2) is 5.36. The molecule has 1 saturated carbocycles. The Labute approximate surface area is 111 Å². The normalized spacial score (nSPS) is 15.9. The summed E-state index contributed by atoms with van der Waals surface area (Å²) in [5.41, 5.74) is 0.144. The fourth-order valence-corrected chi connectivity index (χ4v) is 1.85. The maximum absolute atomic E-state index is 5.77. The predicted octanol–water partition coefficient (Wildman–Crippen LogP) is 3.00. The van der Waals surface area contributed by atoms with Crippen molar-refractivity contribution in [1.82, 2.24) is 10.3 Å². The SMILES string of the molecule is CC(C)(CNC1CC1)COc1cncc(Br)c1. The summed E-state index contributed by atoms with van der Waals surface area (Å²) in [4.78, 5) is 4.08. The summed E-state index contributed by atoms with van der Waals surface area (Å²) in [7, 11) is 0. The zero-order valence-electron chi connectivity index (χ0n) is 10.4. The van der Waals surface area contributed by atoms with Gasteiger partial charge in [0.05, 0.1) is 12.8 Å². The van der Waals surface area contributed by atoms with Crippen molar-refractivity contribution in [2.24, 2.45) is 5.41 Å². The van der Waals surface area contributed by atoms with Gasteiger partial charge in [-0.15, -0.1) is 0 Å². The van der Waals surface area contributed by atoms with E-state index in [1.54, 1.807) is 12.4 Å². The molecule has 1 aliphatic rings. The second-order valence-electron chi connectivity index (χ2n) is 5.45. The van der Waals surface area contributed by atoms with E-state index < -0.39 is 0 Å². The van der Waals surface area contributed by atoms with Crippen molar-refractivity contribution in [3.8, 4) is 5.75 Å². The standard InChI is InChI=1S/C13H19BrN2O/c1-13(2,8-16-11-3-4-11)9-17-12-5-10(14)6-15-7-12/h5-7,11,16H,3-4,8-9H2,1-2H3. The third kappa shape index (κ3) is 4.64. The van der Waals surface area contributed by atoms with E-state index in [9.17, 15) is 0 Å². The van der Waals surface area contributed by atoms with Gasteiger partial charge in [-0.2, -0.15) is 0 Å². The van der Waals surface area contributed by atoms with Crippen LogP contribution in [0.15, 0.2) is 22.9 Å². The Balaban J connectivity index is 1.78. The molecule has 0 aromatic carbocycles. The zero-order valence-corrected chi connectivity index (χ0v) is 12.0. The number of hydrogen-bond donors (Lipinski definition) is 1. The Morgan fingerprint density at radius 1 is 1.47 bits per heavy atom. The molecule has 1 heterocycles. The molecule has 94 valence electrons. The van der Waals surface area contributed by atoms with Crippen LogP contribution in [0.1, 0.15) is 26.7 Å². The van der Waals surface area contributed by atoms with Crippen molar-refractivity contribution in [2.75, 3.05) is 13.2 Å². The number of hydrogen-bond acceptors (Lipinski definition) is 3. The smallest absolute Gasteiger partial charge is 0.138 e. The first-order valence-corrected chi connectivity index (χ1v) is 6.81. The summed E-state index contributed by atoms with van der Waals surface area (Å²) < 4.78 is 6.72. The van der Waals surface area contributed by atoms with Crippen molar-refractivity contribution in [3.63, 3.8) is 0 Å². The first-order valence-electron chi connectivity index (χ1n) is 6.02. The molecule has 4 heteroatoms. The van der Waals surface area contributed by atoms with Gasteiger partial charge in [0.1, 0.15) is 5.75 Å². The van der Waals surface area contributed by atoms with Crippen molar-refractivity contribution in [2.45, 2.75) is 32.7 Å². The molecule has 0 saturated heterocycles. The molecule has 0 radical (unpaired) electrons. The summed E-state index contributed by atoms with van der Waals surface area (Å²) in [6, 6.07) is 2.69. The molecule has 0 unspecified atom stereocenters. The summed E-state index contributed by atoms with van der Waals surface area (Å²) in [6.07, 6.45) is 6.15. The number of nitrogens with zero attached hydrogens (tertiary/aromatic N) is 1. The first-order chi connectivity index (χ1) is 8.05. The molecule has 1 aliphatic carbocycles. The van der Waals surface area contributed by atoms with Crippen LogP contribution in [0.4, 0.5) is 0 Å². The van der Waals surface area contributed by atoms with Crippen LogP contribution in [0.25, 0.3) is 0 Å². The number of pyridine rings is 1. The van der Waals surface area contributed by atoms with Crippen molar-refractivity contribution in [1.29, 1.82) is 0 Å². The molecule has 0 atom stereocenters. The number of aromatic nitrogens is 1. The lowest BCUT2D eigenvalue weighted by Crippen LogP contribution is -2.35. The molecule has 1 fully saturated rings. The van der Waals surface area contributed by atoms with Crippen LogP contribution < -0.4 is 10.1 Å². The highest BCUT2D eigenvalue weighted by Gasteiger charge is 2.25. The summed E-state index contributed by atoms with van der Waals surface area (Å²) in [5, 5.41) is 3.54. The molecule has 1 N–H and O–H groups in total. The largest absolute Gasteiger partial charge is 0.491 e. The fraction of sp³-hybridized carbons (Fsp3) is 0.615. The van der Waals surface area contributed by atoms with Gasteiger partial charge in [0.25, 0.3) is 0 Å². The predicted molar refractivity (Wildman–Crippen MR) is 72.2 cm³/mol. The van der Waals surface area contributed by atoms with E-state index >= 15 is 0 Å². The lowest BCUT2D eigenvalue weighted by Gasteiger charge is -2.25. The molecular formula is C13H19BrN2O. The minimum atomic E-state index is 0.144. The average molecular weight is 299 g/mol. The Bertz CT molecular complexity index is 377. The molecule has 17 heavy (non-hydrogen) atoms. The lowest BCUT2D eigenvalue weighted by atomic mass is 9.95. The summed E-state index contributed by atoms with van der Waals surface area (Å²) in [6.45, 7) is 6.13. The fourth-order valence-electron chi connectivity index (χ4n) is 1.51. The van der Waals surface area contributed by atoms with E-state index in [4.69, 9.17) is 4.74 Å². The molecule has 0 aliphatic heterocycles. The maximum atomic E-state index is 5.77. The molecule has 1 aromatic heterocycles. The Hall–Kier alpha value is -0.610. The van der Waals surface area contributed by atoms with Gasteiger partial charge >= 0.3 is 0 Å². The second-order valence-corrected chi connectivity index (χ2v) is 6.36. The van der Waals surface area contributed by atoms with Gasteiger partial charge in [0, 0.05) is 28.7 Å². The monoisotopic (exact) mass is 298 g/mol. The van der Waals surface area contributed by atoms with Gasteiger partial charge in [-0.1, -0.05) is 13.8 Å². The maximum Gasteiger partial charge on any atom is 0.138 e. The van der Waals surface area contributed by atoms with Gasteiger partial charge in [-0.25, -0.2) is 0 Å². The van der Waals surface area contributed by atoms with Gasteiger partial charge in [0.2, 0.25) is 0 Å². The zero-order chi connectivity index (χ0) is 12.3. The van der Waals surface area contributed by atoms with E-state index in [0.29, 0.717) is 6.61 Å². The lowest BCUT2D eigenvalue weighted by molar-refractivity contribution is 0.175. The van der Waals surface area contributed by atoms with Crippen LogP contribution in [0.3, 0.4) is 0 Å². The minimum Gasteiger partial charge on any atom is -0.491 e. The summed E-state index contributed by atoms with van der Waals surface area (Å²) in [5.74, 6) is 0.818. The van der Waals surface area contributed by atoms with E-state index in [0.717, 1.165) is 22.8 Å². The van der Waals surface area contributed by atoms with Crippen LogP contribution in [-0.2, 0) is 0 Å². The van der Waals surface area contributed by atoms with Crippen LogP contribution in [0, 0.1) is 5.41 Å². The first kappa shape index (κ1) is 12.8. The summed E-state index contributed by atoms with van der Waals surface area (Å²) >= 11 is 3.39. The van der Waals surface area contributed by atoms with E-state index in [1.165, 1.54) is 12.8 Å². The van der Waals surface area contributed by atoms with E-state index in [2.05, 4.69) is 40.1 Å². The van der Waals surface area contributed by atoms with Gasteiger partial charge < -0.3 is 10.1 Å². The van der Waals surface area contributed by atoms with Crippen molar-refractivity contribution >= 4 is 15.9 Å². The third-order valence-corrected chi connectivity index (χ3v) is 3.19. The Kier molecular flexibility index (Phi) is 4.05. The quantitative estimate of drug-likeness (QED) is 0.877. The molecule has 1 aromatic rings. The molecule has 0 spiro atoms. The molecule has 2 rings (SSSR count). The highest BCUT2D eigenvalue weighted by Crippen LogP contribution is 2.23. The number of nitrogens with one attached hydrogen (secondary N) is 1. The molecular weight excluding hydrogens is 280 g/mol. The average Bonchev–Trinajstić information content (AvgIpc) is 3.08. The molecule has 0 amide bonds. The highest BCUT2D eigenvalue weighted by molar-refractivity contribution is 9.10. The van der Waals surface area contributed by atoms with Crippen LogP contribution >= 0.6 is 15.9 Å². The minimum absolute atomic E-state index is 0.144. The third-order valence-electron chi connectivity index (χ3n) is 2.76. The number of halogens is 1. The Morgan fingerprint density at radius 3 is 2.88 bits per heavy atom. The number of rotatable bonds is 6. The van der Waals surface area contributed by atoms with Gasteiger partial charge in [-0.05, 0) is 34.8 Å². The molecule has 3 nitrogen and oxygen atoms in total. The van der Waals surface area contributed by atoms with Crippen LogP contribution in [-0.4, -0.2) is 24.2 Å². The van der Waals surface area contributed by atoms with Crippen LogP contribution in [0.2, 0.25) is 0 Å². The molecule has 0 bridgehead atoms. The van der Waals surface area contributed by atoms with E-state index in [1.807, 2.05) is 6.07 Å². The van der Waals surface area contributed by atoms with E-state index in [-0.39, 0.29) is 5.41 Å². The van der Waals surface area contributed by atoms with Gasteiger partial charge in [0.15, 0.2) is 0 Å². The topological polar surface area (TPSA) is 34.1 Å². The van der Waals surface area contributed by atoms with Crippen molar-refractivity contribution < 1.29 is 4.74 Å².